The van der Waals surface area contributed by atoms with Crippen LogP contribution in [0.2, 0.25) is 0 Å². The van der Waals surface area contributed by atoms with Crippen molar-refractivity contribution in [3.05, 3.63) is 0 Å². The third-order valence-corrected chi connectivity index (χ3v) is 5.20. The lowest BCUT2D eigenvalue weighted by atomic mass is 9.84. The quantitative estimate of drug-likeness (QED) is 0.209. The van der Waals surface area contributed by atoms with Gasteiger partial charge in [0.1, 0.15) is 0 Å². The van der Waals surface area contributed by atoms with Crippen LogP contribution in [0.15, 0.2) is 4.99 Å². The SMILES string of the molecule is CN=C(NCCCOC1CCCCC1)NCC1(CCO)CCOC1.I. The van der Waals surface area contributed by atoms with Crippen molar-refractivity contribution >= 4 is 29.9 Å². The molecule has 25 heavy (non-hydrogen) atoms. The molecule has 0 aromatic rings. The average molecular weight is 469 g/mol. The smallest absolute Gasteiger partial charge is 0.190 e. The molecule has 6 nitrogen and oxygen atoms in total. The number of aliphatic imine (C=N–C) groups is 1. The summed E-state index contributed by atoms with van der Waals surface area (Å²) < 4.78 is 11.5. The maximum absolute atomic E-state index is 9.28. The van der Waals surface area contributed by atoms with E-state index >= 15 is 0 Å². The summed E-state index contributed by atoms with van der Waals surface area (Å²) in [5.41, 5.74) is 0.0382. The highest BCUT2D eigenvalue weighted by atomic mass is 127. The van der Waals surface area contributed by atoms with E-state index in [0.717, 1.165) is 51.5 Å². The molecular formula is C18H36IN3O3. The number of nitrogens with zero attached hydrogens (tertiary/aromatic N) is 1. The molecule has 1 saturated heterocycles. The first kappa shape index (κ1) is 22.9. The van der Waals surface area contributed by atoms with E-state index in [2.05, 4.69) is 15.6 Å². The average Bonchev–Trinajstić information content (AvgIpc) is 3.07. The lowest BCUT2D eigenvalue weighted by Gasteiger charge is -2.27. The number of ether oxygens (including phenoxy) is 2. The molecule has 2 aliphatic rings. The molecule has 1 unspecified atom stereocenters. The maximum Gasteiger partial charge on any atom is 0.190 e. The van der Waals surface area contributed by atoms with E-state index in [-0.39, 0.29) is 36.0 Å². The summed E-state index contributed by atoms with van der Waals surface area (Å²) in [6.45, 7) is 4.16. The largest absolute Gasteiger partial charge is 0.396 e. The Kier molecular flexibility index (Phi) is 12.0. The van der Waals surface area contributed by atoms with Crippen LogP contribution < -0.4 is 10.6 Å². The minimum Gasteiger partial charge on any atom is -0.396 e. The lowest BCUT2D eigenvalue weighted by Crippen LogP contribution is -2.44. The molecular weight excluding hydrogens is 433 g/mol. The van der Waals surface area contributed by atoms with Crippen LogP contribution in [-0.2, 0) is 9.47 Å². The first-order valence-corrected chi connectivity index (χ1v) is 9.53. The van der Waals surface area contributed by atoms with Gasteiger partial charge in [-0.2, -0.15) is 0 Å². The van der Waals surface area contributed by atoms with Gasteiger partial charge < -0.3 is 25.2 Å². The molecule has 2 fully saturated rings. The predicted molar refractivity (Wildman–Crippen MR) is 112 cm³/mol. The van der Waals surface area contributed by atoms with Gasteiger partial charge in [0.05, 0.1) is 12.7 Å². The predicted octanol–water partition coefficient (Wildman–Crippen LogP) is 2.30. The van der Waals surface area contributed by atoms with Crippen molar-refractivity contribution in [2.45, 2.75) is 57.5 Å². The number of guanidine groups is 1. The minimum absolute atomic E-state index is 0. The number of nitrogens with one attached hydrogen (secondary N) is 2. The van der Waals surface area contributed by atoms with Crippen LogP contribution >= 0.6 is 24.0 Å². The zero-order chi connectivity index (χ0) is 17.1. The second-order valence-corrected chi connectivity index (χ2v) is 7.11. The first-order valence-electron chi connectivity index (χ1n) is 9.53. The van der Waals surface area contributed by atoms with Crippen LogP contribution in [0, 0.1) is 5.41 Å². The fourth-order valence-corrected chi connectivity index (χ4v) is 3.56. The van der Waals surface area contributed by atoms with Crippen LogP contribution in [0.4, 0.5) is 0 Å². The van der Waals surface area contributed by atoms with Gasteiger partial charge in [-0.15, -0.1) is 24.0 Å². The second-order valence-electron chi connectivity index (χ2n) is 7.11. The normalized spacial score (nSPS) is 24.8. The zero-order valence-electron chi connectivity index (χ0n) is 15.6. The van der Waals surface area contributed by atoms with Crippen LogP contribution in [0.5, 0.6) is 0 Å². The summed E-state index contributed by atoms with van der Waals surface area (Å²) in [6.07, 6.45) is 9.69. The third kappa shape index (κ3) is 8.41. The van der Waals surface area contributed by atoms with Crippen molar-refractivity contribution in [1.82, 2.24) is 10.6 Å². The van der Waals surface area contributed by atoms with Gasteiger partial charge in [-0.1, -0.05) is 19.3 Å². The number of hydrogen-bond donors (Lipinski definition) is 3. The molecule has 1 heterocycles. The van der Waals surface area contributed by atoms with Gasteiger partial charge in [0.25, 0.3) is 0 Å². The molecule has 1 aliphatic carbocycles. The standard InChI is InChI=1S/C18H35N3O3.HI/c1-19-17(21-14-18(8-11-22)9-13-23-15-18)20-10-5-12-24-16-6-3-2-4-7-16;/h16,22H,2-15H2,1H3,(H2,19,20,21);1H. The summed E-state index contributed by atoms with van der Waals surface area (Å²) >= 11 is 0. The van der Waals surface area contributed by atoms with Crippen molar-refractivity contribution in [3.8, 4) is 0 Å². The van der Waals surface area contributed by atoms with Crippen LogP contribution in [-0.4, -0.2) is 63.7 Å². The fourth-order valence-electron chi connectivity index (χ4n) is 3.56. The van der Waals surface area contributed by atoms with Gasteiger partial charge in [-0.05, 0) is 32.1 Å². The van der Waals surface area contributed by atoms with Gasteiger partial charge in [-0.25, -0.2) is 0 Å². The number of halogens is 1. The Morgan fingerprint density at radius 1 is 1.28 bits per heavy atom. The van der Waals surface area contributed by atoms with Crippen molar-refractivity contribution in [3.63, 3.8) is 0 Å². The molecule has 1 atom stereocenters. The molecule has 0 aromatic carbocycles. The molecule has 2 rings (SSSR count). The molecule has 0 bridgehead atoms. The van der Waals surface area contributed by atoms with Crippen molar-refractivity contribution < 1.29 is 14.6 Å². The van der Waals surface area contributed by atoms with Crippen LogP contribution in [0.25, 0.3) is 0 Å². The number of aliphatic hydroxyl groups excluding tert-OH is 1. The number of rotatable bonds is 9. The van der Waals surface area contributed by atoms with Gasteiger partial charge in [0.2, 0.25) is 0 Å². The number of aliphatic hydroxyl groups is 1. The Morgan fingerprint density at radius 2 is 2.08 bits per heavy atom. The Morgan fingerprint density at radius 3 is 2.72 bits per heavy atom. The van der Waals surface area contributed by atoms with Crippen molar-refractivity contribution in [2.24, 2.45) is 10.4 Å². The summed E-state index contributed by atoms with van der Waals surface area (Å²) in [6, 6.07) is 0. The second kappa shape index (κ2) is 13.1. The summed E-state index contributed by atoms with van der Waals surface area (Å²) in [4.78, 5) is 4.28. The molecule has 0 aromatic heterocycles. The van der Waals surface area contributed by atoms with Gasteiger partial charge in [0, 0.05) is 45.4 Å². The Bertz CT molecular complexity index is 371. The maximum atomic E-state index is 9.28. The van der Waals surface area contributed by atoms with Crippen LogP contribution in [0.3, 0.4) is 0 Å². The fraction of sp³-hybridized carbons (Fsp3) is 0.944. The molecule has 1 saturated carbocycles. The van der Waals surface area contributed by atoms with Crippen LogP contribution in [0.1, 0.15) is 51.4 Å². The van der Waals surface area contributed by atoms with Gasteiger partial charge in [0.15, 0.2) is 5.96 Å². The summed E-state index contributed by atoms with van der Waals surface area (Å²) in [7, 11) is 1.79. The van der Waals surface area contributed by atoms with Crippen molar-refractivity contribution in [2.75, 3.05) is 46.6 Å². The molecule has 0 radical (unpaired) electrons. The zero-order valence-corrected chi connectivity index (χ0v) is 17.9. The summed E-state index contributed by atoms with van der Waals surface area (Å²) in [5, 5.41) is 16.0. The van der Waals surface area contributed by atoms with E-state index in [4.69, 9.17) is 9.47 Å². The minimum atomic E-state index is 0. The van der Waals surface area contributed by atoms with Gasteiger partial charge >= 0.3 is 0 Å². The molecule has 0 spiro atoms. The van der Waals surface area contributed by atoms with E-state index in [1.807, 2.05) is 0 Å². The Balaban J connectivity index is 0.00000312. The van der Waals surface area contributed by atoms with E-state index in [9.17, 15) is 5.11 Å². The van der Waals surface area contributed by atoms with Crippen molar-refractivity contribution in [1.29, 1.82) is 0 Å². The van der Waals surface area contributed by atoms with Gasteiger partial charge in [-0.3, -0.25) is 4.99 Å². The molecule has 148 valence electrons. The monoisotopic (exact) mass is 469 g/mol. The molecule has 0 amide bonds. The number of hydrogen-bond acceptors (Lipinski definition) is 4. The third-order valence-electron chi connectivity index (χ3n) is 5.20. The Labute approximate surface area is 169 Å². The van der Waals surface area contributed by atoms with E-state index in [0.29, 0.717) is 12.7 Å². The molecule has 1 aliphatic heterocycles. The highest BCUT2D eigenvalue weighted by molar-refractivity contribution is 14.0. The first-order chi connectivity index (χ1) is 11.8. The summed E-state index contributed by atoms with van der Waals surface area (Å²) in [5.74, 6) is 0.817. The topological polar surface area (TPSA) is 75.1 Å². The highest BCUT2D eigenvalue weighted by Gasteiger charge is 2.34. The molecule has 3 N–H and O–H groups in total. The van der Waals surface area contributed by atoms with E-state index in [1.54, 1.807) is 7.05 Å². The Hall–Kier alpha value is -0.120. The highest BCUT2D eigenvalue weighted by Crippen LogP contribution is 2.31. The van der Waals surface area contributed by atoms with E-state index in [1.165, 1.54) is 32.1 Å². The lowest BCUT2D eigenvalue weighted by molar-refractivity contribution is 0.0277. The van der Waals surface area contributed by atoms with E-state index < -0.39 is 0 Å². The molecule has 7 heteroatoms.